The second-order valence-electron chi connectivity index (χ2n) is 10.3. The number of ether oxygens (including phenoxy) is 1. The normalized spacial score (nSPS) is 25.1. The zero-order valence-corrected chi connectivity index (χ0v) is 22.2. The Morgan fingerprint density at radius 1 is 0.872 bits per heavy atom. The van der Waals surface area contributed by atoms with E-state index in [1.165, 1.54) is 28.7 Å². The fraction of sp³-hybridized carbons (Fsp3) is 0.267. The van der Waals surface area contributed by atoms with Crippen molar-refractivity contribution in [3.05, 3.63) is 94.0 Å². The number of esters is 1. The lowest BCUT2D eigenvalue weighted by molar-refractivity contribution is -0.123. The van der Waals surface area contributed by atoms with Crippen LogP contribution in [0.4, 0.5) is 11.4 Å². The van der Waals surface area contributed by atoms with Crippen molar-refractivity contribution < 1.29 is 23.9 Å². The third-order valence-corrected chi connectivity index (χ3v) is 8.88. The Hall–Kier alpha value is -3.68. The van der Waals surface area contributed by atoms with Crippen LogP contribution in [0.15, 0.2) is 72.8 Å². The molecule has 39 heavy (non-hydrogen) atoms. The highest BCUT2D eigenvalue weighted by atomic mass is 35.5. The minimum atomic E-state index is -0.703. The van der Waals surface area contributed by atoms with E-state index >= 15 is 0 Å². The molecule has 2 saturated carbocycles. The van der Waals surface area contributed by atoms with Crippen molar-refractivity contribution in [1.82, 2.24) is 0 Å². The van der Waals surface area contributed by atoms with Crippen LogP contribution in [-0.4, -0.2) is 30.3 Å². The smallest absolute Gasteiger partial charge is 0.338 e. The molecule has 3 fully saturated rings. The third kappa shape index (κ3) is 4.60. The topological polar surface area (TPSA) is 92.8 Å². The first-order chi connectivity index (χ1) is 18.8. The van der Waals surface area contributed by atoms with Gasteiger partial charge in [0, 0.05) is 5.69 Å². The van der Waals surface area contributed by atoms with E-state index in [0.717, 1.165) is 12.8 Å². The summed E-state index contributed by atoms with van der Waals surface area (Å²) in [5, 5.41) is 3.22. The molecule has 198 valence electrons. The van der Waals surface area contributed by atoms with Gasteiger partial charge in [-0.05, 0) is 78.6 Å². The van der Waals surface area contributed by atoms with Crippen molar-refractivity contribution in [3.63, 3.8) is 0 Å². The molecule has 3 aromatic carbocycles. The maximum atomic E-state index is 13.5. The number of anilines is 2. The van der Waals surface area contributed by atoms with Crippen molar-refractivity contribution >= 4 is 58.3 Å². The van der Waals surface area contributed by atoms with Crippen molar-refractivity contribution in [1.29, 1.82) is 0 Å². The van der Waals surface area contributed by atoms with E-state index in [1.54, 1.807) is 24.3 Å². The molecule has 3 aromatic rings. The maximum Gasteiger partial charge on any atom is 0.338 e. The van der Waals surface area contributed by atoms with E-state index in [4.69, 9.17) is 27.9 Å². The monoisotopic (exact) mass is 562 g/mol. The summed E-state index contributed by atoms with van der Waals surface area (Å²) in [5.74, 6) is -1.48. The second kappa shape index (κ2) is 10.1. The number of hydrogen-bond acceptors (Lipinski definition) is 5. The quantitative estimate of drug-likeness (QED) is 0.306. The summed E-state index contributed by atoms with van der Waals surface area (Å²) in [5.41, 5.74) is 2.28. The Kier molecular flexibility index (Phi) is 6.65. The fourth-order valence-corrected chi connectivity index (χ4v) is 6.83. The first-order valence-corrected chi connectivity index (χ1v) is 13.5. The van der Waals surface area contributed by atoms with Crippen molar-refractivity contribution in [2.45, 2.75) is 18.8 Å². The summed E-state index contributed by atoms with van der Waals surface area (Å²) in [6.45, 7) is -0.501. The summed E-state index contributed by atoms with van der Waals surface area (Å²) in [6, 6.07) is 21.0. The molecule has 0 unspecified atom stereocenters. The average molecular weight is 563 g/mol. The average Bonchev–Trinajstić information content (AvgIpc) is 3.61. The van der Waals surface area contributed by atoms with Gasteiger partial charge < -0.3 is 10.1 Å². The molecular formula is C30H24Cl2N2O5. The van der Waals surface area contributed by atoms with Crippen LogP contribution in [0.3, 0.4) is 0 Å². The largest absolute Gasteiger partial charge is 0.452 e. The van der Waals surface area contributed by atoms with Crippen molar-refractivity contribution in [2.75, 3.05) is 16.8 Å². The lowest BCUT2D eigenvalue weighted by Crippen LogP contribution is -2.33. The van der Waals surface area contributed by atoms with Gasteiger partial charge in [0.05, 0.1) is 33.1 Å². The standard InChI is InChI=1S/C30H24Cl2N2O5/c31-23-11-8-19(14-24(23)32)33-25(35)15-39-30(38)17-6-9-20(10-7-17)34-28(36)26-18-12-21(16-4-2-1-3-5-16)22(13-18)27(26)29(34)37/h1-11,14,18,21-22,26-27H,12-13,15H2,(H,33,35)/t18-,21+,22+,26+,27+/m0/s1. The lowest BCUT2D eigenvalue weighted by atomic mass is 9.73. The predicted molar refractivity (Wildman–Crippen MR) is 147 cm³/mol. The van der Waals surface area contributed by atoms with Gasteiger partial charge >= 0.3 is 5.97 Å². The molecule has 2 aliphatic carbocycles. The molecule has 1 aliphatic heterocycles. The number of nitrogens with zero attached hydrogens (tertiary/aromatic N) is 1. The lowest BCUT2D eigenvalue weighted by Gasteiger charge is -2.28. The zero-order valence-electron chi connectivity index (χ0n) is 20.7. The molecule has 0 aromatic heterocycles. The van der Waals surface area contributed by atoms with Gasteiger partial charge in [-0.3, -0.25) is 19.3 Å². The minimum Gasteiger partial charge on any atom is -0.452 e. The predicted octanol–water partition coefficient (Wildman–Crippen LogP) is 5.72. The van der Waals surface area contributed by atoms with Gasteiger partial charge in [0.1, 0.15) is 0 Å². The van der Waals surface area contributed by atoms with Gasteiger partial charge in [0.15, 0.2) is 6.61 Å². The Bertz CT molecular complexity index is 1480. The first-order valence-electron chi connectivity index (χ1n) is 12.8. The molecule has 0 spiro atoms. The summed E-state index contributed by atoms with van der Waals surface area (Å²) in [6.07, 6.45) is 1.83. The van der Waals surface area contributed by atoms with E-state index in [9.17, 15) is 19.2 Å². The number of halogens is 2. The number of hydrogen-bond donors (Lipinski definition) is 1. The van der Waals surface area contributed by atoms with Crippen LogP contribution >= 0.6 is 23.2 Å². The van der Waals surface area contributed by atoms with Gasteiger partial charge in [-0.1, -0.05) is 53.5 Å². The number of carbonyl (C=O) groups is 4. The number of imide groups is 1. The molecule has 7 nitrogen and oxygen atoms in total. The highest BCUT2D eigenvalue weighted by molar-refractivity contribution is 6.42. The van der Waals surface area contributed by atoms with Crippen LogP contribution in [0.25, 0.3) is 0 Å². The van der Waals surface area contributed by atoms with Gasteiger partial charge in [0.2, 0.25) is 11.8 Å². The summed E-state index contributed by atoms with van der Waals surface area (Å²) in [4.78, 5) is 52.8. The van der Waals surface area contributed by atoms with E-state index in [2.05, 4.69) is 17.4 Å². The molecular weight excluding hydrogens is 539 g/mol. The zero-order chi connectivity index (χ0) is 27.3. The number of carbonyl (C=O) groups excluding carboxylic acids is 4. The highest BCUT2D eigenvalue weighted by Gasteiger charge is 2.64. The van der Waals surface area contributed by atoms with E-state index < -0.39 is 18.5 Å². The number of amides is 3. The first kappa shape index (κ1) is 25.6. The third-order valence-electron chi connectivity index (χ3n) is 8.14. The van der Waals surface area contributed by atoms with Crippen LogP contribution < -0.4 is 10.2 Å². The van der Waals surface area contributed by atoms with E-state index in [-0.39, 0.29) is 46.1 Å². The Balaban J connectivity index is 1.09. The molecule has 9 heteroatoms. The summed E-state index contributed by atoms with van der Waals surface area (Å²) >= 11 is 11.8. The summed E-state index contributed by atoms with van der Waals surface area (Å²) in [7, 11) is 0. The molecule has 1 N–H and O–H groups in total. The maximum absolute atomic E-state index is 13.5. The van der Waals surface area contributed by atoms with Crippen LogP contribution in [0.5, 0.6) is 0 Å². The van der Waals surface area contributed by atoms with Gasteiger partial charge in [-0.2, -0.15) is 0 Å². The molecule has 1 heterocycles. The number of nitrogens with one attached hydrogen (secondary N) is 1. The van der Waals surface area contributed by atoms with Crippen LogP contribution in [0.2, 0.25) is 10.0 Å². The molecule has 3 aliphatic rings. The highest BCUT2D eigenvalue weighted by Crippen LogP contribution is 2.61. The van der Waals surface area contributed by atoms with Gasteiger partial charge in [0.25, 0.3) is 5.91 Å². The van der Waals surface area contributed by atoms with Crippen LogP contribution in [0.1, 0.15) is 34.7 Å². The molecule has 3 amide bonds. The van der Waals surface area contributed by atoms with Gasteiger partial charge in [-0.25, -0.2) is 4.79 Å². The number of fused-ring (bicyclic) bond motifs is 5. The Morgan fingerprint density at radius 2 is 1.59 bits per heavy atom. The molecule has 0 radical (unpaired) electrons. The second-order valence-corrected chi connectivity index (χ2v) is 11.1. The van der Waals surface area contributed by atoms with E-state index in [0.29, 0.717) is 22.3 Å². The molecule has 5 atom stereocenters. The minimum absolute atomic E-state index is 0.154. The molecule has 6 rings (SSSR count). The fourth-order valence-electron chi connectivity index (χ4n) is 6.53. The Morgan fingerprint density at radius 3 is 2.31 bits per heavy atom. The summed E-state index contributed by atoms with van der Waals surface area (Å²) < 4.78 is 5.12. The molecule has 1 saturated heterocycles. The molecule has 2 bridgehead atoms. The van der Waals surface area contributed by atoms with Crippen molar-refractivity contribution in [3.8, 4) is 0 Å². The van der Waals surface area contributed by atoms with Crippen LogP contribution in [-0.2, 0) is 19.1 Å². The number of rotatable bonds is 6. The van der Waals surface area contributed by atoms with E-state index in [1.807, 2.05) is 18.2 Å². The SMILES string of the molecule is O=C(COC(=O)c1ccc(N2C(=O)[C@@H]3[C@@H]4C[C@@H]([C@H]3C2=O)[C@@H](c2ccccc2)C4)cc1)Nc1ccc(Cl)c(Cl)c1. The van der Waals surface area contributed by atoms with Gasteiger partial charge in [-0.15, -0.1) is 0 Å². The van der Waals surface area contributed by atoms with Crippen LogP contribution in [0, 0.1) is 23.7 Å². The Labute approximate surface area is 235 Å². The van der Waals surface area contributed by atoms with Crippen molar-refractivity contribution in [2.24, 2.45) is 23.7 Å². The number of benzene rings is 3.